The van der Waals surface area contributed by atoms with E-state index in [0.717, 1.165) is 35.7 Å². The van der Waals surface area contributed by atoms with Gasteiger partial charge in [0.2, 0.25) is 5.91 Å². The topological polar surface area (TPSA) is 57.8 Å². The number of carbonyl (C=O) groups is 1. The highest BCUT2D eigenvalue weighted by Gasteiger charge is 2.24. The number of anilines is 1. The van der Waals surface area contributed by atoms with Crippen LogP contribution in [-0.2, 0) is 24.2 Å². The van der Waals surface area contributed by atoms with Gasteiger partial charge in [0, 0.05) is 16.6 Å². The van der Waals surface area contributed by atoms with E-state index in [2.05, 4.69) is 37.4 Å². The fraction of sp³-hybridized carbons (Fsp3) is 0.333. The predicted molar refractivity (Wildman–Crippen MR) is 106 cm³/mol. The molecular formula is C21H21N3OS. The highest BCUT2D eigenvalue weighted by atomic mass is 32.1. The first-order valence-corrected chi connectivity index (χ1v) is 9.77. The van der Waals surface area contributed by atoms with Gasteiger partial charge in [-0.25, -0.2) is 0 Å². The third-order valence-electron chi connectivity index (χ3n) is 5.12. The third-order valence-corrected chi connectivity index (χ3v) is 6.29. The Bertz CT molecular complexity index is 1040. The SMILES string of the molecule is Cc1ccc2c(ccn2CC(=O)Nc2sc3c(c2C#N)CCC(C)C3)c1. The van der Waals surface area contributed by atoms with Crippen LogP contribution in [0.2, 0.25) is 0 Å². The van der Waals surface area contributed by atoms with Crippen molar-refractivity contribution in [1.29, 1.82) is 5.26 Å². The molecule has 1 amide bonds. The Morgan fingerprint density at radius 1 is 1.42 bits per heavy atom. The molecule has 0 saturated heterocycles. The van der Waals surface area contributed by atoms with Gasteiger partial charge >= 0.3 is 0 Å². The number of nitriles is 1. The Labute approximate surface area is 157 Å². The van der Waals surface area contributed by atoms with E-state index in [0.29, 0.717) is 16.5 Å². The molecule has 5 heteroatoms. The molecule has 1 aromatic carbocycles. The van der Waals surface area contributed by atoms with Crippen LogP contribution in [0.4, 0.5) is 5.00 Å². The summed E-state index contributed by atoms with van der Waals surface area (Å²) in [5.41, 5.74) is 4.06. The maximum absolute atomic E-state index is 12.6. The predicted octanol–water partition coefficient (Wildman–Crippen LogP) is 4.65. The molecule has 3 aromatic rings. The molecule has 2 aromatic heterocycles. The number of carbonyl (C=O) groups excluding carboxylic acids is 1. The van der Waals surface area contributed by atoms with Crippen LogP contribution in [0.5, 0.6) is 0 Å². The summed E-state index contributed by atoms with van der Waals surface area (Å²) in [6.45, 7) is 4.55. The summed E-state index contributed by atoms with van der Waals surface area (Å²) in [6, 6.07) is 10.6. The molecule has 0 bridgehead atoms. The Kier molecular flexibility index (Phi) is 4.29. The van der Waals surface area contributed by atoms with Crippen molar-refractivity contribution >= 4 is 33.1 Å². The number of aromatic nitrogens is 1. The largest absolute Gasteiger partial charge is 0.338 e. The zero-order valence-corrected chi connectivity index (χ0v) is 15.8. The molecular weight excluding hydrogens is 342 g/mol. The first-order chi connectivity index (χ1) is 12.5. The summed E-state index contributed by atoms with van der Waals surface area (Å²) < 4.78 is 1.95. The normalized spacial score (nSPS) is 16.3. The molecule has 132 valence electrons. The number of hydrogen-bond donors (Lipinski definition) is 1. The zero-order valence-electron chi connectivity index (χ0n) is 15.0. The van der Waals surface area contributed by atoms with Gasteiger partial charge in [-0.15, -0.1) is 11.3 Å². The van der Waals surface area contributed by atoms with Crippen molar-refractivity contribution < 1.29 is 4.79 Å². The fourth-order valence-electron chi connectivity index (χ4n) is 3.74. The second-order valence-electron chi connectivity index (χ2n) is 7.22. The van der Waals surface area contributed by atoms with E-state index in [-0.39, 0.29) is 12.5 Å². The highest BCUT2D eigenvalue weighted by molar-refractivity contribution is 7.16. The molecule has 1 unspecified atom stereocenters. The van der Waals surface area contributed by atoms with Crippen LogP contribution in [0.1, 0.15) is 34.9 Å². The minimum absolute atomic E-state index is 0.0915. The van der Waals surface area contributed by atoms with E-state index in [4.69, 9.17) is 0 Å². The molecule has 1 aliphatic rings. The first-order valence-electron chi connectivity index (χ1n) is 8.95. The van der Waals surface area contributed by atoms with Crippen LogP contribution in [0.15, 0.2) is 30.5 Å². The van der Waals surface area contributed by atoms with Gasteiger partial charge in [0.05, 0.1) is 5.56 Å². The molecule has 4 nitrogen and oxygen atoms in total. The Hall–Kier alpha value is -2.58. The van der Waals surface area contributed by atoms with Crippen molar-refractivity contribution in [3.05, 3.63) is 52.0 Å². The highest BCUT2D eigenvalue weighted by Crippen LogP contribution is 2.39. The van der Waals surface area contributed by atoms with Crippen molar-refractivity contribution in [2.75, 3.05) is 5.32 Å². The number of thiophene rings is 1. The van der Waals surface area contributed by atoms with Crippen LogP contribution < -0.4 is 5.32 Å². The molecule has 0 fully saturated rings. The van der Waals surface area contributed by atoms with Crippen molar-refractivity contribution in [2.45, 2.75) is 39.7 Å². The summed E-state index contributed by atoms with van der Waals surface area (Å²) in [6.07, 6.45) is 5.00. The summed E-state index contributed by atoms with van der Waals surface area (Å²) in [7, 11) is 0. The Morgan fingerprint density at radius 3 is 3.08 bits per heavy atom. The number of benzene rings is 1. The second kappa shape index (κ2) is 6.62. The number of nitrogens with one attached hydrogen (secondary N) is 1. The minimum Gasteiger partial charge on any atom is -0.338 e. The average molecular weight is 363 g/mol. The van der Waals surface area contributed by atoms with Crippen molar-refractivity contribution in [3.63, 3.8) is 0 Å². The molecule has 0 aliphatic heterocycles. The summed E-state index contributed by atoms with van der Waals surface area (Å²) >= 11 is 1.57. The number of hydrogen-bond acceptors (Lipinski definition) is 3. The van der Waals surface area contributed by atoms with Gasteiger partial charge in [0.25, 0.3) is 0 Å². The lowest BCUT2D eigenvalue weighted by molar-refractivity contribution is -0.116. The van der Waals surface area contributed by atoms with Gasteiger partial charge in [0.15, 0.2) is 0 Å². The standard InChI is InChI=1S/C21H21N3OS/c1-13-4-6-18-15(9-13)7-8-24(18)12-20(25)23-21-17(11-22)16-5-3-14(2)10-19(16)26-21/h4,6-9,14H,3,5,10,12H2,1-2H3,(H,23,25). The Balaban J connectivity index is 1.56. The monoisotopic (exact) mass is 363 g/mol. The van der Waals surface area contributed by atoms with Gasteiger partial charge in [0.1, 0.15) is 17.6 Å². The molecule has 1 N–H and O–H groups in total. The summed E-state index contributed by atoms with van der Waals surface area (Å²) in [4.78, 5) is 13.9. The van der Waals surface area contributed by atoms with Crippen LogP contribution in [0.3, 0.4) is 0 Å². The lowest BCUT2D eigenvalue weighted by Gasteiger charge is -2.17. The molecule has 1 aliphatic carbocycles. The number of amides is 1. The maximum Gasteiger partial charge on any atom is 0.244 e. The van der Waals surface area contributed by atoms with Crippen molar-refractivity contribution in [1.82, 2.24) is 4.57 Å². The van der Waals surface area contributed by atoms with E-state index in [1.54, 1.807) is 11.3 Å². The maximum atomic E-state index is 12.6. The van der Waals surface area contributed by atoms with Crippen molar-refractivity contribution in [2.24, 2.45) is 5.92 Å². The van der Waals surface area contributed by atoms with E-state index < -0.39 is 0 Å². The summed E-state index contributed by atoms with van der Waals surface area (Å²) in [5.74, 6) is 0.553. The molecule has 2 heterocycles. The molecule has 0 saturated carbocycles. The quantitative estimate of drug-likeness (QED) is 0.736. The lowest BCUT2D eigenvalue weighted by Crippen LogP contribution is -2.18. The van der Waals surface area contributed by atoms with E-state index in [1.807, 2.05) is 22.9 Å². The van der Waals surface area contributed by atoms with E-state index in [9.17, 15) is 10.1 Å². The molecule has 4 rings (SSSR count). The van der Waals surface area contributed by atoms with E-state index >= 15 is 0 Å². The first kappa shape index (κ1) is 16.9. The molecule has 26 heavy (non-hydrogen) atoms. The van der Waals surface area contributed by atoms with Gasteiger partial charge in [-0.3, -0.25) is 4.79 Å². The minimum atomic E-state index is -0.0915. The Morgan fingerprint density at radius 2 is 2.27 bits per heavy atom. The van der Waals surface area contributed by atoms with Gasteiger partial charge in [-0.2, -0.15) is 5.26 Å². The second-order valence-corrected chi connectivity index (χ2v) is 8.33. The van der Waals surface area contributed by atoms with Crippen LogP contribution in [0.25, 0.3) is 10.9 Å². The van der Waals surface area contributed by atoms with Gasteiger partial charge < -0.3 is 9.88 Å². The molecule has 0 spiro atoms. The van der Waals surface area contributed by atoms with Crippen LogP contribution in [-0.4, -0.2) is 10.5 Å². The smallest absolute Gasteiger partial charge is 0.244 e. The number of nitrogens with zero attached hydrogens (tertiary/aromatic N) is 2. The zero-order chi connectivity index (χ0) is 18.3. The number of rotatable bonds is 3. The average Bonchev–Trinajstić information content (AvgIpc) is 3.14. The molecule has 0 radical (unpaired) electrons. The number of fused-ring (bicyclic) bond motifs is 2. The number of aryl methyl sites for hydroxylation is 1. The van der Waals surface area contributed by atoms with Crippen molar-refractivity contribution in [3.8, 4) is 6.07 Å². The van der Waals surface area contributed by atoms with E-state index in [1.165, 1.54) is 10.4 Å². The van der Waals surface area contributed by atoms with Gasteiger partial charge in [-0.1, -0.05) is 18.6 Å². The third kappa shape index (κ3) is 3.02. The summed E-state index contributed by atoms with van der Waals surface area (Å²) in [5, 5.41) is 14.4. The fourth-order valence-corrected chi connectivity index (χ4v) is 5.11. The van der Waals surface area contributed by atoms with Gasteiger partial charge in [-0.05, 0) is 61.3 Å². The lowest BCUT2D eigenvalue weighted by atomic mass is 9.89. The van der Waals surface area contributed by atoms with Crippen LogP contribution >= 0.6 is 11.3 Å². The molecule has 1 atom stereocenters. The van der Waals surface area contributed by atoms with Crippen LogP contribution in [0, 0.1) is 24.2 Å².